The smallest absolute Gasteiger partial charge is 0.264 e. The lowest BCUT2D eigenvalue weighted by molar-refractivity contribution is -0.140. The predicted molar refractivity (Wildman–Crippen MR) is 178 cm³/mol. The maximum absolute atomic E-state index is 14.5. The summed E-state index contributed by atoms with van der Waals surface area (Å²) in [5.74, 6) is -0.370. The number of hydrogen-bond donors (Lipinski definition) is 1. The van der Waals surface area contributed by atoms with Gasteiger partial charge in [0.2, 0.25) is 11.8 Å². The van der Waals surface area contributed by atoms with Crippen molar-refractivity contribution >= 4 is 27.5 Å². The van der Waals surface area contributed by atoms with E-state index in [9.17, 15) is 18.0 Å². The Bertz CT molecular complexity index is 1660. The van der Waals surface area contributed by atoms with Crippen LogP contribution in [-0.2, 0) is 32.6 Å². The van der Waals surface area contributed by atoms with E-state index in [-0.39, 0.29) is 35.5 Å². The Morgan fingerprint density at radius 3 is 2.11 bits per heavy atom. The molecule has 0 bridgehead atoms. The first-order valence-corrected chi connectivity index (χ1v) is 16.5. The highest BCUT2D eigenvalue weighted by molar-refractivity contribution is 7.92. The summed E-state index contributed by atoms with van der Waals surface area (Å²) in [6.45, 7) is 5.46. The summed E-state index contributed by atoms with van der Waals surface area (Å²) < 4.78 is 34.7. The third-order valence-electron chi connectivity index (χ3n) is 7.70. The second-order valence-corrected chi connectivity index (χ2v) is 12.9. The van der Waals surface area contributed by atoms with Crippen LogP contribution in [0, 0.1) is 6.92 Å². The molecule has 4 aromatic rings. The molecule has 0 aliphatic heterocycles. The van der Waals surface area contributed by atoms with Crippen LogP contribution in [0.2, 0.25) is 0 Å². The Morgan fingerprint density at radius 1 is 0.844 bits per heavy atom. The average Bonchev–Trinajstić information content (AvgIpc) is 3.06. The van der Waals surface area contributed by atoms with Gasteiger partial charge in [0.25, 0.3) is 10.0 Å². The van der Waals surface area contributed by atoms with E-state index < -0.39 is 28.5 Å². The number of hydrogen-bond acceptors (Lipinski definition) is 5. The molecule has 45 heavy (non-hydrogen) atoms. The van der Waals surface area contributed by atoms with Crippen molar-refractivity contribution in [2.45, 2.75) is 57.1 Å². The molecule has 0 saturated heterocycles. The van der Waals surface area contributed by atoms with E-state index in [1.807, 2.05) is 75.4 Å². The van der Waals surface area contributed by atoms with Gasteiger partial charge in [0.15, 0.2) is 0 Å². The maximum atomic E-state index is 14.5. The zero-order chi connectivity index (χ0) is 32.4. The molecule has 0 heterocycles. The first kappa shape index (κ1) is 33.3. The second kappa shape index (κ2) is 15.4. The van der Waals surface area contributed by atoms with Crippen molar-refractivity contribution in [1.29, 1.82) is 0 Å². The zero-order valence-electron chi connectivity index (χ0n) is 26.2. The number of rotatable bonds is 14. The largest absolute Gasteiger partial charge is 0.497 e. The Labute approximate surface area is 266 Å². The van der Waals surface area contributed by atoms with E-state index in [4.69, 9.17) is 4.74 Å². The number of aryl methyl sites for hydroxylation is 1. The molecule has 0 aliphatic carbocycles. The molecule has 0 aromatic heterocycles. The molecule has 4 rings (SSSR count). The number of amides is 2. The number of benzene rings is 4. The van der Waals surface area contributed by atoms with Crippen molar-refractivity contribution in [3.8, 4) is 5.75 Å². The van der Waals surface area contributed by atoms with Crippen molar-refractivity contribution in [1.82, 2.24) is 10.2 Å². The summed E-state index contributed by atoms with van der Waals surface area (Å²) in [6, 6.07) is 30.8. The van der Waals surface area contributed by atoms with E-state index in [0.29, 0.717) is 12.2 Å². The highest BCUT2D eigenvalue weighted by Gasteiger charge is 2.35. The van der Waals surface area contributed by atoms with Crippen LogP contribution in [0.1, 0.15) is 37.0 Å². The Hall–Kier alpha value is -4.63. The zero-order valence-corrected chi connectivity index (χ0v) is 27.0. The molecule has 4 aromatic carbocycles. The van der Waals surface area contributed by atoms with Crippen LogP contribution < -0.4 is 14.4 Å². The molecule has 8 nitrogen and oxygen atoms in total. The number of anilines is 1. The van der Waals surface area contributed by atoms with Crippen LogP contribution in [-0.4, -0.2) is 50.9 Å². The molecule has 0 spiro atoms. The van der Waals surface area contributed by atoms with Crippen molar-refractivity contribution in [3.63, 3.8) is 0 Å². The average molecular weight is 628 g/mol. The first-order valence-electron chi connectivity index (χ1n) is 15.0. The van der Waals surface area contributed by atoms with Gasteiger partial charge in [0, 0.05) is 25.1 Å². The summed E-state index contributed by atoms with van der Waals surface area (Å²) in [7, 11) is -2.69. The van der Waals surface area contributed by atoms with Gasteiger partial charge in [-0.05, 0) is 55.7 Å². The molecular formula is C36H41N3O5S. The molecule has 236 valence electrons. The number of nitrogens with zero attached hydrogens (tertiary/aromatic N) is 2. The van der Waals surface area contributed by atoms with Gasteiger partial charge in [-0.15, -0.1) is 0 Å². The molecule has 0 fully saturated rings. The third-order valence-corrected chi connectivity index (χ3v) is 9.49. The topological polar surface area (TPSA) is 96.0 Å². The Morgan fingerprint density at radius 2 is 1.49 bits per heavy atom. The first-order chi connectivity index (χ1) is 21.6. The third kappa shape index (κ3) is 8.73. The number of nitrogens with one attached hydrogen (secondary N) is 1. The normalized spacial score (nSPS) is 12.5. The van der Waals surface area contributed by atoms with Gasteiger partial charge in [-0.1, -0.05) is 91.3 Å². The lowest BCUT2D eigenvalue weighted by Gasteiger charge is -2.34. The van der Waals surface area contributed by atoms with Crippen molar-refractivity contribution in [3.05, 3.63) is 126 Å². The number of carbonyl (C=O) groups excluding carboxylic acids is 2. The summed E-state index contributed by atoms with van der Waals surface area (Å²) >= 11 is 0. The van der Waals surface area contributed by atoms with E-state index in [2.05, 4.69) is 5.32 Å². The molecule has 1 N–H and O–H groups in total. The van der Waals surface area contributed by atoms with Crippen LogP contribution in [0.15, 0.2) is 114 Å². The van der Waals surface area contributed by atoms with E-state index >= 15 is 0 Å². The second-order valence-electron chi connectivity index (χ2n) is 11.1. The molecule has 0 aliphatic rings. The van der Waals surface area contributed by atoms with Crippen LogP contribution >= 0.6 is 0 Å². The number of ether oxygens (including phenoxy) is 1. The molecule has 0 saturated carbocycles. The standard InChI is InChI=1S/C36H41N3O5S/c1-5-28(3)37-36(41)34(23-29-13-8-6-9-14-29)38(25-30-21-19-27(2)20-22-30)35(40)26-39(31-15-12-16-32(24-31)44-4)45(42,43)33-17-10-7-11-18-33/h6-22,24,28,34H,5,23,25-26H2,1-4H3,(H,37,41)/t28-,34-/m1/s1. The quantitative estimate of drug-likeness (QED) is 0.192. The van der Waals surface area contributed by atoms with E-state index in [1.165, 1.54) is 24.1 Å². The fourth-order valence-corrected chi connectivity index (χ4v) is 6.33. The molecule has 0 unspecified atom stereocenters. The minimum atomic E-state index is -4.18. The number of methoxy groups -OCH3 is 1. The lowest BCUT2D eigenvalue weighted by Crippen LogP contribution is -2.54. The molecule has 0 radical (unpaired) electrons. The van der Waals surface area contributed by atoms with Crippen LogP contribution in [0.4, 0.5) is 5.69 Å². The predicted octanol–water partition coefficient (Wildman–Crippen LogP) is 5.75. The monoisotopic (exact) mass is 627 g/mol. The summed E-state index contributed by atoms with van der Waals surface area (Å²) in [6.07, 6.45) is 0.972. The van der Waals surface area contributed by atoms with Gasteiger partial charge in [0.05, 0.1) is 17.7 Å². The van der Waals surface area contributed by atoms with E-state index in [1.54, 1.807) is 42.5 Å². The number of sulfonamides is 1. The summed E-state index contributed by atoms with van der Waals surface area (Å²) in [5, 5.41) is 3.06. The SMILES string of the molecule is CC[C@@H](C)NC(=O)[C@@H](Cc1ccccc1)N(Cc1ccc(C)cc1)C(=O)CN(c1cccc(OC)c1)S(=O)(=O)c1ccccc1. The van der Waals surface area contributed by atoms with Gasteiger partial charge in [-0.25, -0.2) is 8.42 Å². The Balaban J connectivity index is 1.81. The summed E-state index contributed by atoms with van der Waals surface area (Å²) in [4.78, 5) is 30.0. The lowest BCUT2D eigenvalue weighted by atomic mass is 10.0. The van der Waals surface area contributed by atoms with Crippen LogP contribution in [0.25, 0.3) is 0 Å². The minimum absolute atomic E-state index is 0.0426. The minimum Gasteiger partial charge on any atom is -0.497 e. The maximum Gasteiger partial charge on any atom is 0.264 e. The summed E-state index contributed by atoms with van der Waals surface area (Å²) in [5.41, 5.74) is 3.03. The van der Waals surface area contributed by atoms with Crippen molar-refractivity contribution in [2.75, 3.05) is 18.0 Å². The Kier molecular flexibility index (Phi) is 11.4. The highest BCUT2D eigenvalue weighted by Crippen LogP contribution is 2.28. The molecule has 2 atom stereocenters. The highest BCUT2D eigenvalue weighted by atomic mass is 32.2. The fourth-order valence-electron chi connectivity index (χ4n) is 4.90. The van der Waals surface area contributed by atoms with Crippen LogP contribution in [0.5, 0.6) is 5.75 Å². The van der Waals surface area contributed by atoms with Gasteiger partial charge in [0.1, 0.15) is 18.3 Å². The molecule has 2 amide bonds. The van der Waals surface area contributed by atoms with Crippen molar-refractivity contribution < 1.29 is 22.7 Å². The van der Waals surface area contributed by atoms with Gasteiger partial charge in [-0.3, -0.25) is 13.9 Å². The van der Waals surface area contributed by atoms with Gasteiger partial charge >= 0.3 is 0 Å². The molecular weight excluding hydrogens is 586 g/mol. The fraction of sp³-hybridized carbons (Fsp3) is 0.278. The molecule has 9 heteroatoms. The van der Waals surface area contributed by atoms with Gasteiger partial charge < -0.3 is 15.0 Å². The van der Waals surface area contributed by atoms with Crippen LogP contribution in [0.3, 0.4) is 0 Å². The van der Waals surface area contributed by atoms with Crippen molar-refractivity contribution in [2.24, 2.45) is 0 Å². The number of carbonyl (C=O) groups is 2. The van der Waals surface area contributed by atoms with E-state index in [0.717, 1.165) is 21.0 Å². The van der Waals surface area contributed by atoms with Gasteiger partial charge in [-0.2, -0.15) is 0 Å².